The van der Waals surface area contributed by atoms with Gasteiger partial charge >= 0.3 is 6.03 Å². The number of amides is 3. The predicted molar refractivity (Wildman–Crippen MR) is 90.0 cm³/mol. The third kappa shape index (κ3) is 3.52. The summed E-state index contributed by atoms with van der Waals surface area (Å²) in [6.45, 7) is 3.75. The molecule has 1 aliphatic rings. The molecule has 8 nitrogen and oxygen atoms in total. The normalized spacial score (nSPS) is 17.1. The van der Waals surface area contributed by atoms with Gasteiger partial charge in [0.1, 0.15) is 5.69 Å². The Morgan fingerprint density at radius 3 is 2.84 bits per heavy atom. The highest BCUT2D eigenvalue weighted by Gasteiger charge is 2.29. The third-order valence-electron chi connectivity index (χ3n) is 3.94. The van der Waals surface area contributed by atoms with Crippen LogP contribution in [0.3, 0.4) is 0 Å². The van der Waals surface area contributed by atoms with Crippen molar-refractivity contribution in [3.63, 3.8) is 0 Å². The second-order valence-corrected chi connectivity index (χ2v) is 5.91. The number of carbonyl (C=O) groups excluding carboxylic acids is 2. The van der Waals surface area contributed by atoms with Crippen molar-refractivity contribution in [2.24, 2.45) is 0 Å². The van der Waals surface area contributed by atoms with Gasteiger partial charge in [-0.25, -0.2) is 4.79 Å². The molecule has 0 unspecified atom stereocenters. The van der Waals surface area contributed by atoms with E-state index in [1.807, 2.05) is 18.2 Å². The second-order valence-electron chi connectivity index (χ2n) is 5.91. The van der Waals surface area contributed by atoms with Gasteiger partial charge in [0.2, 0.25) is 0 Å². The van der Waals surface area contributed by atoms with E-state index in [4.69, 9.17) is 4.52 Å². The van der Waals surface area contributed by atoms with Crippen molar-refractivity contribution >= 4 is 11.9 Å². The van der Waals surface area contributed by atoms with E-state index in [0.717, 1.165) is 0 Å². The van der Waals surface area contributed by atoms with Crippen LogP contribution in [-0.2, 0) is 11.3 Å². The monoisotopic (exact) mass is 341 g/mol. The summed E-state index contributed by atoms with van der Waals surface area (Å²) in [4.78, 5) is 29.9. The fourth-order valence-corrected chi connectivity index (χ4v) is 2.75. The van der Waals surface area contributed by atoms with Crippen molar-refractivity contribution in [3.8, 4) is 11.4 Å². The van der Waals surface area contributed by atoms with E-state index in [1.54, 1.807) is 33.2 Å². The molecule has 3 amide bonds. The fourth-order valence-electron chi connectivity index (χ4n) is 2.75. The number of rotatable bonds is 4. The number of carbonyl (C=O) groups is 2. The molecule has 0 fully saturated rings. The number of nitrogens with one attached hydrogen (secondary N) is 2. The van der Waals surface area contributed by atoms with Crippen LogP contribution in [0.4, 0.5) is 4.79 Å². The zero-order valence-electron chi connectivity index (χ0n) is 14.2. The number of nitrogens with zero attached hydrogens (tertiary/aromatic N) is 3. The number of allylic oxidation sites excluding steroid dienone is 1. The Morgan fingerprint density at radius 2 is 2.16 bits per heavy atom. The van der Waals surface area contributed by atoms with E-state index in [9.17, 15) is 9.59 Å². The first-order valence-electron chi connectivity index (χ1n) is 7.86. The molecule has 0 aliphatic carbocycles. The van der Waals surface area contributed by atoms with Gasteiger partial charge in [-0.2, -0.15) is 0 Å². The highest BCUT2D eigenvalue weighted by atomic mass is 16.5. The molecule has 0 saturated carbocycles. The summed E-state index contributed by atoms with van der Waals surface area (Å²) in [6, 6.07) is 6.63. The molecule has 25 heavy (non-hydrogen) atoms. The van der Waals surface area contributed by atoms with Crippen LogP contribution in [0.5, 0.6) is 0 Å². The molecule has 2 N–H and O–H groups in total. The average molecular weight is 341 g/mol. The van der Waals surface area contributed by atoms with E-state index in [-0.39, 0.29) is 24.5 Å². The molecule has 3 heterocycles. The number of pyridine rings is 1. The summed E-state index contributed by atoms with van der Waals surface area (Å²) in [5.74, 6) is 0.364. The minimum Gasteiger partial charge on any atom is -0.359 e. The average Bonchev–Trinajstić information content (AvgIpc) is 3.03. The lowest BCUT2D eigenvalue weighted by Gasteiger charge is -2.28. The summed E-state index contributed by atoms with van der Waals surface area (Å²) in [5.41, 5.74) is 2.40. The first kappa shape index (κ1) is 16.7. The van der Waals surface area contributed by atoms with Crippen molar-refractivity contribution in [3.05, 3.63) is 47.5 Å². The molecular weight excluding hydrogens is 322 g/mol. The van der Waals surface area contributed by atoms with Crippen molar-refractivity contribution < 1.29 is 14.1 Å². The Morgan fingerprint density at radius 1 is 1.36 bits per heavy atom. The van der Waals surface area contributed by atoms with Crippen LogP contribution in [0.2, 0.25) is 0 Å². The van der Waals surface area contributed by atoms with Gasteiger partial charge in [-0.05, 0) is 26.0 Å². The molecule has 0 saturated heterocycles. The first-order valence-corrected chi connectivity index (χ1v) is 7.86. The van der Waals surface area contributed by atoms with Gasteiger partial charge in [0, 0.05) is 25.0 Å². The molecule has 1 atom stereocenters. The third-order valence-corrected chi connectivity index (χ3v) is 3.94. The minimum atomic E-state index is -0.359. The van der Waals surface area contributed by atoms with Crippen LogP contribution in [0.25, 0.3) is 11.4 Å². The Balaban J connectivity index is 1.73. The highest BCUT2D eigenvalue weighted by molar-refractivity contribution is 5.98. The predicted octanol–water partition coefficient (Wildman–Crippen LogP) is 1.67. The van der Waals surface area contributed by atoms with Crippen LogP contribution in [0.15, 0.2) is 46.3 Å². The van der Waals surface area contributed by atoms with Crippen LogP contribution < -0.4 is 10.6 Å². The zero-order chi connectivity index (χ0) is 18.0. The highest BCUT2D eigenvalue weighted by Crippen LogP contribution is 2.19. The summed E-state index contributed by atoms with van der Waals surface area (Å²) in [6.07, 6.45) is 1.68. The van der Waals surface area contributed by atoms with Gasteiger partial charge in [-0.1, -0.05) is 11.2 Å². The summed E-state index contributed by atoms with van der Waals surface area (Å²) >= 11 is 0. The SMILES string of the molecule is CC1=C(C(=O)N(C)Cc2cc(-c3ccccn3)no2)[C@@H](C)NC(=O)N1. The van der Waals surface area contributed by atoms with E-state index in [0.29, 0.717) is 28.4 Å². The number of hydrogen-bond acceptors (Lipinski definition) is 5. The Labute approximate surface area is 144 Å². The zero-order valence-corrected chi connectivity index (χ0v) is 14.2. The Bertz CT molecular complexity index is 828. The van der Waals surface area contributed by atoms with Gasteiger partial charge in [-0.3, -0.25) is 9.78 Å². The molecule has 130 valence electrons. The standard InChI is InChI=1S/C17H19N5O3/c1-10-15(11(2)20-17(24)19-10)16(23)22(3)9-12-8-14(21-25-12)13-6-4-5-7-18-13/h4-8,10H,9H2,1-3H3,(H2,19,20,24)/t10-/m1/s1. The van der Waals surface area contributed by atoms with E-state index < -0.39 is 0 Å². The van der Waals surface area contributed by atoms with E-state index in [2.05, 4.69) is 20.8 Å². The van der Waals surface area contributed by atoms with Crippen LogP contribution in [0.1, 0.15) is 19.6 Å². The summed E-state index contributed by atoms with van der Waals surface area (Å²) in [5, 5.41) is 9.30. The number of likely N-dealkylation sites (N-methyl/N-ethyl adjacent to an activating group) is 1. The molecule has 8 heteroatoms. The van der Waals surface area contributed by atoms with Gasteiger partial charge in [0.25, 0.3) is 5.91 Å². The van der Waals surface area contributed by atoms with Crippen molar-refractivity contribution in [2.45, 2.75) is 26.4 Å². The molecule has 0 radical (unpaired) electrons. The number of urea groups is 1. The molecule has 0 bridgehead atoms. The molecule has 0 spiro atoms. The Kier molecular flexibility index (Phi) is 4.51. The smallest absolute Gasteiger partial charge is 0.319 e. The number of aromatic nitrogens is 2. The maximum Gasteiger partial charge on any atom is 0.319 e. The maximum absolute atomic E-state index is 12.7. The molecule has 1 aliphatic heterocycles. The topological polar surface area (TPSA) is 100 Å². The van der Waals surface area contributed by atoms with Gasteiger partial charge < -0.3 is 20.1 Å². The van der Waals surface area contributed by atoms with Crippen LogP contribution >= 0.6 is 0 Å². The lowest BCUT2D eigenvalue weighted by molar-refractivity contribution is -0.127. The van der Waals surface area contributed by atoms with Crippen LogP contribution in [-0.4, -0.2) is 40.1 Å². The molecule has 0 aromatic carbocycles. The fraction of sp³-hybridized carbons (Fsp3) is 0.294. The van der Waals surface area contributed by atoms with Gasteiger partial charge in [0.05, 0.1) is 23.9 Å². The first-order chi connectivity index (χ1) is 12.0. The second kappa shape index (κ2) is 6.76. The van der Waals surface area contributed by atoms with Gasteiger partial charge in [-0.15, -0.1) is 0 Å². The molecule has 3 rings (SSSR count). The van der Waals surface area contributed by atoms with Crippen LogP contribution in [0, 0.1) is 0 Å². The Hall–Kier alpha value is -3.16. The lowest BCUT2D eigenvalue weighted by Crippen LogP contribution is -2.50. The summed E-state index contributed by atoms with van der Waals surface area (Å²) in [7, 11) is 1.68. The molecule has 2 aromatic heterocycles. The van der Waals surface area contributed by atoms with E-state index in [1.165, 1.54) is 4.90 Å². The largest absolute Gasteiger partial charge is 0.359 e. The van der Waals surface area contributed by atoms with Crippen molar-refractivity contribution in [1.82, 2.24) is 25.7 Å². The van der Waals surface area contributed by atoms with E-state index >= 15 is 0 Å². The molecular formula is C17H19N5O3. The quantitative estimate of drug-likeness (QED) is 0.881. The minimum absolute atomic E-state index is 0.187. The lowest BCUT2D eigenvalue weighted by atomic mass is 10.0. The number of hydrogen-bond donors (Lipinski definition) is 2. The van der Waals surface area contributed by atoms with Crippen molar-refractivity contribution in [2.75, 3.05) is 7.05 Å². The summed E-state index contributed by atoms with van der Waals surface area (Å²) < 4.78 is 5.31. The maximum atomic E-state index is 12.7. The van der Waals surface area contributed by atoms with Crippen molar-refractivity contribution in [1.29, 1.82) is 0 Å². The molecule has 2 aromatic rings. The van der Waals surface area contributed by atoms with Gasteiger partial charge in [0.15, 0.2) is 5.76 Å².